The molecule has 0 amide bonds. The molecule has 3 rings (SSSR count). The highest BCUT2D eigenvalue weighted by molar-refractivity contribution is 7.71. The minimum atomic E-state index is 0.367. The summed E-state index contributed by atoms with van der Waals surface area (Å²) in [4.78, 5) is 0. The zero-order chi connectivity index (χ0) is 17.8. The number of nitrogens with one attached hydrogen (secondary N) is 1. The van der Waals surface area contributed by atoms with E-state index in [4.69, 9.17) is 33.3 Å². The fraction of sp³-hybridized carbons (Fsp3) is 0.118. The summed E-state index contributed by atoms with van der Waals surface area (Å²) in [6, 6.07) is 12.9. The van der Waals surface area contributed by atoms with Crippen molar-refractivity contribution >= 4 is 30.0 Å². The van der Waals surface area contributed by atoms with Crippen molar-refractivity contribution in [3.05, 3.63) is 57.8 Å². The van der Waals surface area contributed by atoms with Crippen LogP contribution in [0.15, 0.2) is 47.6 Å². The molecule has 8 heteroatoms. The highest BCUT2D eigenvalue weighted by Gasteiger charge is 2.11. The van der Waals surface area contributed by atoms with Crippen LogP contribution in [-0.4, -0.2) is 35.3 Å². The first-order valence-electron chi connectivity index (χ1n) is 7.32. The van der Waals surface area contributed by atoms with Crippen molar-refractivity contribution in [2.75, 3.05) is 14.2 Å². The molecular formula is C17H15ClN4O2S. The van der Waals surface area contributed by atoms with Crippen LogP contribution in [0.25, 0.3) is 11.4 Å². The maximum atomic E-state index is 6.25. The first-order chi connectivity index (χ1) is 12.1. The standard InChI is InChI=1S/C17H15ClN4O2S/c1-23-14-8-7-11(9-15(14)24-2)10-19-22-16(20-21-17(22)25)12-5-3-4-6-13(12)18/h3-10H,1-2H3,(H,21,25). The zero-order valence-electron chi connectivity index (χ0n) is 13.6. The van der Waals surface area contributed by atoms with Crippen LogP contribution < -0.4 is 9.47 Å². The molecular weight excluding hydrogens is 360 g/mol. The van der Waals surface area contributed by atoms with Crippen LogP contribution in [0.4, 0.5) is 0 Å². The zero-order valence-corrected chi connectivity index (χ0v) is 15.1. The van der Waals surface area contributed by atoms with Gasteiger partial charge in [0.05, 0.1) is 25.5 Å². The number of rotatable bonds is 5. The van der Waals surface area contributed by atoms with Gasteiger partial charge in [0.15, 0.2) is 17.3 Å². The maximum absolute atomic E-state index is 6.25. The Morgan fingerprint density at radius 3 is 2.64 bits per heavy atom. The Morgan fingerprint density at radius 1 is 1.16 bits per heavy atom. The lowest BCUT2D eigenvalue weighted by Crippen LogP contribution is -1.96. The largest absolute Gasteiger partial charge is 0.493 e. The average molecular weight is 375 g/mol. The second-order valence-corrected chi connectivity index (χ2v) is 5.80. The van der Waals surface area contributed by atoms with Crippen molar-refractivity contribution in [2.24, 2.45) is 5.10 Å². The highest BCUT2D eigenvalue weighted by atomic mass is 35.5. The average Bonchev–Trinajstić information content (AvgIpc) is 3.00. The number of hydrogen-bond donors (Lipinski definition) is 1. The van der Waals surface area contributed by atoms with Gasteiger partial charge in [-0.05, 0) is 48.1 Å². The number of hydrogen-bond acceptors (Lipinski definition) is 5. The molecule has 1 heterocycles. The maximum Gasteiger partial charge on any atom is 0.216 e. The predicted molar refractivity (Wildman–Crippen MR) is 100 cm³/mol. The van der Waals surface area contributed by atoms with Crippen molar-refractivity contribution in [3.8, 4) is 22.9 Å². The topological polar surface area (TPSA) is 64.4 Å². The van der Waals surface area contributed by atoms with Gasteiger partial charge in [0.1, 0.15) is 0 Å². The molecule has 1 aromatic heterocycles. The summed E-state index contributed by atoms with van der Waals surface area (Å²) in [5, 5.41) is 12.0. The first kappa shape index (κ1) is 17.2. The summed E-state index contributed by atoms with van der Waals surface area (Å²) >= 11 is 11.5. The predicted octanol–water partition coefficient (Wildman–Crippen LogP) is 4.16. The van der Waals surface area contributed by atoms with E-state index in [-0.39, 0.29) is 0 Å². The Morgan fingerprint density at radius 2 is 1.92 bits per heavy atom. The lowest BCUT2D eigenvalue weighted by atomic mass is 10.2. The molecule has 6 nitrogen and oxygen atoms in total. The Kier molecular flexibility index (Phi) is 5.16. The molecule has 0 fully saturated rings. The Hall–Kier alpha value is -2.64. The van der Waals surface area contributed by atoms with Gasteiger partial charge >= 0.3 is 0 Å². The van der Waals surface area contributed by atoms with E-state index in [1.807, 2.05) is 36.4 Å². The summed E-state index contributed by atoms with van der Waals surface area (Å²) in [6.45, 7) is 0. The van der Waals surface area contributed by atoms with Crippen LogP contribution in [0.5, 0.6) is 11.5 Å². The second kappa shape index (κ2) is 7.50. The van der Waals surface area contributed by atoms with Crippen LogP contribution >= 0.6 is 23.8 Å². The quantitative estimate of drug-likeness (QED) is 0.538. The summed E-state index contributed by atoms with van der Waals surface area (Å²) < 4.78 is 12.4. The molecule has 1 N–H and O–H groups in total. The summed E-state index contributed by atoms with van der Waals surface area (Å²) in [7, 11) is 3.17. The van der Waals surface area contributed by atoms with E-state index in [1.54, 1.807) is 26.5 Å². The third-order valence-electron chi connectivity index (χ3n) is 3.50. The van der Waals surface area contributed by atoms with Gasteiger partial charge in [0, 0.05) is 5.56 Å². The van der Waals surface area contributed by atoms with Crippen LogP contribution in [0.2, 0.25) is 5.02 Å². The highest BCUT2D eigenvalue weighted by Crippen LogP contribution is 2.28. The van der Waals surface area contributed by atoms with Gasteiger partial charge in [-0.2, -0.15) is 14.9 Å². The van der Waals surface area contributed by atoms with Crippen LogP contribution in [0, 0.1) is 4.77 Å². The molecule has 3 aromatic rings. The normalized spacial score (nSPS) is 11.0. The third-order valence-corrected chi connectivity index (χ3v) is 4.09. The summed E-state index contributed by atoms with van der Waals surface area (Å²) in [5.74, 6) is 1.80. The van der Waals surface area contributed by atoms with Crippen molar-refractivity contribution in [1.29, 1.82) is 0 Å². The number of aromatic amines is 1. The molecule has 0 spiro atoms. The third kappa shape index (κ3) is 3.57. The minimum absolute atomic E-state index is 0.367. The van der Waals surface area contributed by atoms with E-state index in [0.717, 1.165) is 11.1 Å². The van der Waals surface area contributed by atoms with Gasteiger partial charge in [0.2, 0.25) is 4.77 Å². The van der Waals surface area contributed by atoms with Gasteiger partial charge in [0.25, 0.3) is 0 Å². The smallest absolute Gasteiger partial charge is 0.216 e. The molecule has 0 unspecified atom stereocenters. The lowest BCUT2D eigenvalue weighted by molar-refractivity contribution is 0.355. The molecule has 25 heavy (non-hydrogen) atoms. The van der Waals surface area contributed by atoms with E-state index >= 15 is 0 Å². The molecule has 0 aliphatic rings. The van der Waals surface area contributed by atoms with Crippen molar-refractivity contribution in [1.82, 2.24) is 14.9 Å². The fourth-order valence-corrected chi connectivity index (χ4v) is 2.67. The number of aromatic nitrogens is 3. The van der Waals surface area contributed by atoms with Crippen LogP contribution in [0.1, 0.15) is 5.56 Å². The molecule has 0 aliphatic carbocycles. The minimum Gasteiger partial charge on any atom is -0.493 e. The van der Waals surface area contributed by atoms with E-state index in [0.29, 0.717) is 27.1 Å². The van der Waals surface area contributed by atoms with Crippen LogP contribution in [0.3, 0.4) is 0 Å². The van der Waals surface area contributed by atoms with Gasteiger partial charge in [-0.25, -0.2) is 5.10 Å². The molecule has 0 atom stereocenters. The number of benzene rings is 2. The Bertz CT molecular complexity index is 981. The van der Waals surface area contributed by atoms with Crippen LogP contribution in [-0.2, 0) is 0 Å². The van der Waals surface area contributed by atoms with Gasteiger partial charge < -0.3 is 9.47 Å². The molecule has 0 radical (unpaired) electrons. The van der Waals surface area contributed by atoms with E-state index in [2.05, 4.69) is 15.3 Å². The number of halogens is 1. The van der Waals surface area contributed by atoms with E-state index < -0.39 is 0 Å². The van der Waals surface area contributed by atoms with Crippen molar-refractivity contribution in [3.63, 3.8) is 0 Å². The molecule has 2 aromatic carbocycles. The molecule has 128 valence electrons. The van der Waals surface area contributed by atoms with E-state index in [1.165, 1.54) is 4.68 Å². The summed E-state index contributed by atoms with van der Waals surface area (Å²) in [5.41, 5.74) is 1.56. The molecule has 0 saturated carbocycles. The molecule has 0 bridgehead atoms. The monoisotopic (exact) mass is 374 g/mol. The Balaban J connectivity index is 1.99. The molecule has 0 saturated heterocycles. The number of ether oxygens (including phenoxy) is 2. The SMILES string of the molecule is COc1ccc(C=Nn2c(-c3ccccc3Cl)n[nH]c2=S)cc1OC. The summed E-state index contributed by atoms with van der Waals surface area (Å²) in [6.07, 6.45) is 1.66. The second-order valence-electron chi connectivity index (χ2n) is 5.00. The van der Waals surface area contributed by atoms with Gasteiger partial charge in [-0.3, -0.25) is 0 Å². The first-order valence-corrected chi connectivity index (χ1v) is 8.11. The van der Waals surface area contributed by atoms with Crippen molar-refractivity contribution < 1.29 is 9.47 Å². The van der Waals surface area contributed by atoms with Gasteiger partial charge in [-0.15, -0.1) is 0 Å². The van der Waals surface area contributed by atoms with E-state index in [9.17, 15) is 0 Å². The number of nitrogens with zero attached hydrogens (tertiary/aromatic N) is 3. The fourth-order valence-electron chi connectivity index (χ4n) is 2.27. The van der Waals surface area contributed by atoms with Crippen molar-refractivity contribution in [2.45, 2.75) is 0 Å². The number of H-pyrrole nitrogens is 1. The molecule has 0 aliphatic heterocycles. The lowest BCUT2D eigenvalue weighted by Gasteiger charge is -2.07. The Labute approximate surface area is 154 Å². The number of methoxy groups -OCH3 is 2. The van der Waals surface area contributed by atoms with Gasteiger partial charge in [-0.1, -0.05) is 23.7 Å².